The van der Waals surface area contributed by atoms with Gasteiger partial charge in [-0.25, -0.2) is 13.4 Å². The lowest BCUT2D eigenvalue weighted by molar-refractivity contribution is -0.137. The maximum atomic E-state index is 12.9. The Morgan fingerprint density at radius 1 is 1.28 bits per heavy atom. The van der Waals surface area contributed by atoms with Crippen LogP contribution in [0.15, 0.2) is 12.3 Å². The van der Waals surface area contributed by atoms with Gasteiger partial charge in [0.2, 0.25) is 15.9 Å². The molecule has 1 aliphatic carbocycles. The molecule has 0 bridgehead atoms. The van der Waals surface area contributed by atoms with Gasteiger partial charge >= 0.3 is 6.18 Å². The highest BCUT2D eigenvalue weighted by Gasteiger charge is 2.32. The molecule has 2 N–H and O–H groups in total. The molecule has 0 aromatic carbocycles. The van der Waals surface area contributed by atoms with Gasteiger partial charge in [-0.3, -0.25) is 9.52 Å². The first-order chi connectivity index (χ1) is 11.6. The number of anilines is 2. The van der Waals surface area contributed by atoms with E-state index < -0.39 is 27.7 Å². The average molecular weight is 379 g/mol. The van der Waals surface area contributed by atoms with Gasteiger partial charge in [0.25, 0.3) is 0 Å². The van der Waals surface area contributed by atoms with Crippen LogP contribution >= 0.6 is 0 Å². The summed E-state index contributed by atoms with van der Waals surface area (Å²) in [4.78, 5) is 15.9. The lowest BCUT2D eigenvalue weighted by atomic mass is 9.88. The summed E-state index contributed by atoms with van der Waals surface area (Å²) in [5.41, 5.74) is -1.35. The normalized spacial score (nSPS) is 16.5. The van der Waals surface area contributed by atoms with Gasteiger partial charge in [-0.1, -0.05) is 19.3 Å². The number of aromatic nitrogens is 1. The molecule has 1 aromatic heterocycles. The summed E-state index contributed by atoms with van der Waals surface area (Å²) in [5.74, 6) is -1.30. The van der Waals surface area contributed by atoms with E-state index in [9.17, 15) is 26.4 Å². The van der Waals surface area contributed by atoms with Gasteiger partial charge in [-0.15, -0.1) is 0 Å². The van der Waals surface area contributed by atoms with Crippen LogP contribution in [0.4, 0.5) is 24.7 Å². The van der Waals surface area contributed by atoms with Gasteiger partial charge in [-0.05, 0) is 25.8 Å². The van der Waals surface area contributed by atoms with E-state index in [2.05, 4.69) is 15.0 Å². The summed E-state index contributed by atoms with van der Waals surface area (Å²) in [6.45, 7) is 1.38. The van der Waals surface area contributed by atoms with Gasteiger partial charge in [0, 0.05) is 12.1 Å². The Morgan fingerprint density at radius 3 is 2.48 bits per heavy atom. The molecule has 0 unspecified atom stereocenters. The molecule has 2 rings (SSSR count). The molecule has 1 aliphatic rings. The van der Waals surface area contributed by atoms with Crippen LogP contribution < -0.4 is 10.0 Å². The van der Waals surface area contributed by atoms with Crippen molar-refractivity contribution >= 4 is 27.4 Å². The molecule has 0 aliphatic heterocycles. The third-order valence-corrected chi connectivity index (χ3v) is 5.35. The van der Waals surface area contributed by atoms with Crippen molar-refractivity contribution in [1.29, 1.82) is 0 Å². The number of hydrogen-bond acceptors (Lipinski definition) is 4. The van der Waals surface area contributed by atoms with E-state index >= 15 is 0 Å². The minimum Gasteiger partial charge on any atom is -0.323 e. The quantitative estimate of drug-likeness (QED) is 0.821. The van der Waals surface area contributed by atoms with Gasteiger partial charge in [0.15, 0.2) is 5.82 Å². The summed E-state index contributed by atoms with van der Waals surface area (Å²) in [7, 11) is -3.75. The molecule has 1 heterocycles. The van der Waals surface area contributed by atoms with Crippen molar-refractivity contribution in [2.24, 2.45) is 5.92 Å². The summed E-state index contributed by atoms with van der Waals surface area (Å²) >= 11 is 0. The molecule has 10 heteroatoms. The third kappa shape index (κ3) is 5.32. The van der Waals surface area contributed by atoms with Crippen molar-refractivity contribution in [2.75, 3.05) is 15.8 Å². The Hall–Kier alpha value is -1.84. The second-order valence-electron chi connectivity index (χ2n) is 5.95. The number of nitrogens with zero attached hydrogens (tertiary/aromatic N) is 1. The van der Waals surface area contributed by atoms with E-state index in [4.69, 9.17) is 0 Å². The van der Waals surface area contributed by atoms with Crippen LogP contribution in [0, 0.1) is 5.92 Å². The van der Waals surface area contributed by atoms with Crippen LogP contribution in [0.5, 0.6) is 0 Å². The fourth-order valence-corrected chi connectivity index (χ4v) is 3.22. The van der Waals surface area contributed by atoms with Gasteiger partial charge in [0.05, 0.1) is 17.0 Å². The zero-order chi connectivity index (χ0) is 18.7. The molecular formula is C15H20F3N3O3S. The monoisotopic (exact) mass is 379 g/mol. The molecule has 6 nitrogen and oxygen atoms in total. The smallest absolute Gasteiger partial charge is 0.323 e. The number of rotatable bonds is 5. The Balaban J connectivity index is 2.31. The van der Waals surface area contributed by atoms with E-state index in [1.807, 2.05) is 0 Å². The van der Waals surface area contributed by atoms with Crippen molar-refractivity contribution in [3.05, 3.63) is 17.8 Å². The summed E-state index contributed by atoms with van der Waals surface area (Å²) in [6.07, 6.45) is -0.00924. The average Bonchev–Trinajstić information content (AvgIpc) is 2.56. The van der Waals surface area contributed by atoms with E-state index in [0.29, 0.717) is 25.1 Å². The first kappa shape index (κ1) is 19.5. The third-order valence-electron chi connectivity index (χ3n) is 4.08. The van der Waals surface area contributed by atoms with Gasteiger partial charge < -0.3 is 5.32 Å². The second-order valence-corrected chi connectivity index (χ2v) is 7.96. The number of pyridine rings is 1. The molecule has 1 fully saturated rings. The molecule has 0 spiro atoms. The predicted molar refractivity (Wildman–Crippen MR) is 87.5 cm³/mol. The van der Waals surface area contributed by atoms with E-state index in [1.54, 1.807) is 0 Å². The van der Waals surface area contributed by atoms with Crippen LogP contribution in [0.1, 0.15) is 44.6 Å². The molecule has 0 saturated heterocycles. The topological polar surface area (TPSA) is 88.2 Å². The lowest BCUT2D eigenvalue weighted by Gasteiger charge is -2.22. The molecule has 0 atom stereocenters. The van der Waals surface area contributed by atoms with Crippen molar-refractivity contribution in [3.8, 4) is 0 Å². The predicted octanol–water partition coefficient (Wildman–Crippen LogP) is 3.38. The number of hydrogen-bond donors (Lipinski definition) is 2. The molecule has 140 valence electrons. The SMILES string of the molecule is CCS(=O)(=O)Nc1ncc(C(F)(F)F)cc1NC(=O)C1CCCCC1. The van der Waals surface area contributed by atoms with Crippen LogP contribution in [-0.2, 0) is 21.0 Å². The Bertz CT molecular complexity index is 729. The maximum absolute atomic E-state index is 12.9. The van der Waals surface area contributed by atoms with Crippen molar-refractivity contribution in [1.82, 2.24) is 4.98 Å². The number of carbonyl (C=O) groups excluding carboxylic acids is 1. The standard InChI is InChI=1S/C15H20F3N3O3S/c1-2-25(23,24)21-13-12(8-11(9-19-13)15(16,17)18)20-14(22)10-6-4-3-5-7-10/h8-10H,2-7H2,1H3,(H,19,21)(H,20,22). The lowest BCUT2D eigenvalue weighted by Crippen LogP contribution is -2.26. The number of halogens is 3. The fourth-order valence-electron chi connectivity index (χ4n) is 2.62. The zero-order valence-corrected chi connectivity index (χ0v) is 14.5. The summed E-state index contributed by atoms with van der Waals surface area (Å²) < 4.78 is 64.2. The summed E-state index contributed by atoms with van der Waals surface area (Å²) in [6, 6.07) is 0.696. The maximum Gasteiger partial charge on any atom is 0.417 e. The van der Waals surface area contributed by atoms with Crippen molar-refractivity contribution in [3.63, 3.8) is 0 Å². The van der Waals surface area contributed by atoms with Crippen molar-refractivity contribution in [2.45, 2.75) is 45.2 Å². The molecule has 25 heavy (non-hydrogen) atoms. The molecule has 1 saturated carbocycles. The van der Waals surface area contributed by atoms with E-state index in [0.717, 1.165) is 19.3 Å². The van der Waals surface area contributed by atoms with Crippen molar-refractivity contribution < 1.29 is 26.4 Å². The number of amides is 1. The van der Waals surface area contributed by atoms with Gasteiger partial charge in [0.1, 0.15) is 0 Å². The van der Waals surface area contributed by atoms with Crippen LogP contribution in [-0.4, -0.2) is 25.1 Å². The fraction of sp³-hybridized carbons (Fsp3) is 0.600. The number of carbonyl (C=O) groups is 1. The number of nitrogens with one attached hydrogen (secondary N) is 2. The highest BCUT2D eigenvalue weighted by atomic mass is 32.2. The Labute approximate surface area is 144 Å². The Morgan fingerprint density at radius 2 is 1.92 bits per heavy atom. The van der Waals surface area contributed by atoms with E-state index in [1.165, 1.54) is 6.92 Å². The first-order valence-corrected chi connectivity index (χ1v) is 9.66. The first-order valence-electron chi connectivity index (χ1n) is 8.01. The highest BCUT2D eigenvalue weighted by Crippen LogP contribution is 2.33. The number of sulfonamides is 1. The molecule has 1 aromatic rings. The van der Waals surface area contributed by atoms with Crippen LogP contribution in [0.25, 0.3) is 0 Å². The van der Waals surface area contributed by atoms with Gasteiger partial charge in [-0.2, -0.15) is 13.2 Å². The van der Waals surface area contributed by atoms with E-state index in [-0.39, 0.29) is 23.2 Å². The molecular weight excluding hydrogens is 359 g/mol. The summed E-state index contributed by atoms with van der Waals surface area (Å²) in [5, 5.41) is 2.41. The minimum absolute atomic E-state index is 0.272. The molecule has 1 amide bonds. The largest absolute Gasteiger partial charge is 0.417 e. The molecule has 0 radical (unpaired) electrons. The van der Waals surface area contributed by atoms with Crippen LogP contribution in [0.3, 0.4) is 0 Å². The Kier molecular flexibility index (Phi) is 5.91. The minimum atomic E-state index is -4.65. The number of alkyl halides is 3. The second kappa shape index (κ2) is 7.59. The highest BCUT2D eigenvalue weighted by molar-refractivity contribution is 7.92. The zero-order valence-electron chi connectivity index (χ0n) is 13.7. The van der Waals surface area contributed by atoms with Crippen LogP contribution in [0.2, 0.25) is 0 Å².